The fourth-order valence-corrected chi connectivity index (χ4v) is 2.49. The first-order chi connectivity index (χ1) is 10.8. The molecule has 0 atom stereocenters. The number of tetrazole rings is 1. The van der Waals surface area contributed by atoms with E-state index in [4.69, 9.17) is 4.98 Å². The number of benzene rings is 2. The van der Waals surface area contributed by atoms with Crippen LogP contribution in [-0.2, 0) is 7.05 Å². The lowest BCUT2D eigenvalue weighted by Gasteiger charge is -2.02. The highest BCUT2D eigenvalue weighted by Gasteiger charge is 2.20. The van der Waals surface area contributed by atoms with Crippen molar-refractivity contribution in [1.82, 2.24) is 19.9 Å². The van der Waals surface area contributed by atoms with Crippen molar-refractivity contribution in [3.05, 3.63) is 66.7 Å². The summed E-state index contributed by atoms with van der Waals surface area (Å²) in [5, 5.41) is 8.28. The lowest BCUT2D eigenvalue weighted by Crippen LogP contribution is -2.31. The Morgan fingerprint density at radius 1 is 0.864 bits per heavy atom. The van der Waals surface area contributed by atoms with Gasteiger partial charge in [0.1, 0.15) is 16.6 Å². The molecule has 106 valence electrons. The van der Waals surface area contributed by atoms with Crippen molar-refractivity contribution in [2.75, 3.05) is 0 Å². The van der Waals surface area contributed by atoms with Crippen LogP contribution in [0.4, 0.5) is 0 Å². The Kier molecular flexibility index (Phi) is 2.89. The number of fused-ring (bicyclic) bond motifs is 1. The molecule has 5 heteroatoms. The van der Waals surface area contributed by atoms with E-state index in [1.54, 1.807) is 9.20 Å². The average molecular weight is 288 g/mol. The Bertz CT molecular complexity index is 929. The molecule has 4 rings (SSSR count). The highest BCUT2D eigenvalue weighted by Crippen LogP contribution is 2.24. The van der Waals surface area contributed by atoms with Gasteiger partial charge in [0.05, 0.1) is 12.3 Å². The minimum Gasteiger partial charge on any atom is -0.132 e. The summed E-state index contributed by atoms with van der Waals surface area (Å²) in [6.45, 7) is 0. The van der Waals surface area contributed by atoms with Gasteiger partial charge in [0.2, 0.25) is 0 Å². The maximum absolute atomic E-state index is 4.69. The Hall–Kier alpha value is -3.08. The van der Waals surface area contributed by atoms with Crippen molar-refractivity contribution >= 4 is 5.78 Å². The summed E-state index contributed by atoms with van der Waals surface area (Å²) in [7, 11) is 1.85. The van der Waals surface area contributed by atoms with Crippen LogP contribution in [0.3, 0.4) is 0 Å². The molecule has 0 radical (unpaired) electrons. The van der Waals surface area contributed by atoms with Crippen LogP contribution in [0, 0.1) is 0 Å². The number of aromatic nitrogens is 5. The van der Waals surface area contributed by atoms with Gasteiger partial charge in [-0.3, -0.25) is 0 Å². The molecule has 22 heavy (non-hydrogen) atoms. The highest BCUT2D eigenvalue weighted by atomic mass is 15.6. The fourth-order valence-electron chi connectivity index (χ4n) is 2.49. The normalized spacial score (nSPS) is 11.0. The van der Waals surface area contributed by atoms with Gasteiger partial charge in [-0.25, -0.2) is 0 Å². The third-order valence-electron chi connectivity index (χ3n) is 3.60. The van der Waals surface area contributed by atoms with Gasteiger partial charge in [0, 0.05) is 17.2 Å². The largest absolute Gasteiger partial charge is 0.408 e. The second kappa shape index (κ2) is 5.04. The monoisotopic (exact) mass is 288 g/mol. The van der Waals surface area contributed by atoms with Gasteiger partial charge >= 0.3 is 5.78 Å². The Morgan fingerprint density at radius 3 is 2.18 bits per heavy atom. The van der Waals surface area contributed by atoms with E-state index in [9.17, 15) is 0 Å². The third-order valence-corrected chi connectivity index (χ3v) is 3.60. The van der Waals surface area contributed by atoms with E-state index in [2.05, 4.69) is 34.7 Å². The van der Waals surface area contributed by atoms with Gasteiger partial charge in [0.25, 0.3) is 0 Å². The van der Waals surface area contributed by atoms with Crippen LogP contribution in [0.25, 0.3) is 28.3 Å². The zero-order valence-corrected chi connectivity index (χ0v) is 12.1. The van der Waals surface area contributed by atoms with E-state index in [1.165, 1.54) is 0 Å². The van der Waals surface area contributed by atoms with Crippen LogP contribution in [0.1, 0.15) is 0 Å². The van der Waals surface area contributed by atoms with E-state index in [1.807, 2.05) is 49.5 Å². The van der Waals surface area contributed by atoms with Crippen LogP contribution >= 0.6 is 0 Å². The smallest absolute Gasteiger partial charge is 0.132 e. The summed E-state index contributed by atoms with van der Waals surface area (Å²) in [5.74, 6) is 0.709. The van der Waals surface area contributed by atoms with Crippen molar-refractivity contribution in [3.63, 3.8) is 0 Å². The molecule has 4 aromatic rings. The molecule has 0 aliphatic heterocycles. The predicted molar refractivity (Wildman–Crippen MR) is 82.8 cm³/mol. The summed E-state index contributed by atoms with van der Waals surface area (Å²) in [6, 6.07) is 22.3. The summed E-state index contributed by atoms with van der Waals surface area (Å²) in [4.78, 5) is 4.69. The Morgan fingerprint density at radius 2 is 1.50 bits per heavy atom. The SMILES string of the molecule is C[n+]1nnn2c(-c3ccccc3)cc(-c3ccccc3)nc21. The molecule has 0 unspecified atom stereocenters. The molecule has 5 nitrogen and oxygen atoms in total. The van der Waals surface area contributed by atoms with Crippen LogP contribution in [0.2, 0.25) is 0 Å². The van der Waals surface area contributed by atoms with Gasteiger partial charge < -0.3 is 0 Å². The second-order valence-electron chi connectivity index (χ2n) is 5.07. The number of nitrogens with zero attached hydrogens (tertiary/aromatic N) is 5. The quantitative estimate of drug-likeness (QED) is 0.532. The van der Waals surface area contributed by atoms with Crippen molar-refractivity contribution in [2.45, 2.75) is 0 Å². The lowest BCUT2D eigenvalue weighted by atomic mass is 10.1. The van der Waals surface area contributed by atoms with Crippen molar-refractivity contribution in [3.8, 4) is 22.5 Å². The Balaban J connectivity index is 2.03. The van der Waals surface area contributed by atoms with E-state index >= 15 is 0 Å². The maximum Gasteiger partial charge on any atom is 0.408 e. The first kappa shape index (κ1) is 12.6. The van der Waals surface area contributed by atoms with E-state index in [-0.39, 0.29) is 0 Å². The Labute approximate surface area is 127 Å². The number of rotatable bonds is 2. The van der Waals surface area contributed by atoms with E-state index in [0.717, 1.165) is 22.5 Å². The summed E-state index contributed by atoms with van der Waals surface area (Å²) >= 11 is 0. The van der Waals surface area contributed by atoms with Crippen LogP contribution < -0.4 is 4.68 Å². The van der Waals surface area contributed by atoms with Gasteiger partial charge in [-0.15, -0.1) is 9.67 Å². The van der Waals surface area contributed by atoms with Crippen molar-refractivity contribution in [1.29, 1.82) is 0 Å². The first-order valence-corrected chi connectivity index (χ1v) is 7.06. The first-order valence-electron chi connectivity index (χ1n) is 7.06. The fraction of sp³-hybridized carbons (Fsp3) is 0.0588. The maximum atomic E-state index is 4.69. The molecular formula is C17H14N5+. The second-order valence-corrected chi connectivity index (χ2v) is 5.07. The minimum atomic E-state index is 0.709. The number of hydrogen-bond donors (Lipinski definition) is 0. The standard InChI is InChI=1S/C17H14N5/c1-21-17-18-15(13-8-4-2-5-9-13)12-16(22(17)20-19-21)14-10-6-3-7-11-14/h2-12H,1H3/q+1. The van der Waals surface area contributed by atoms with Crippen LogP contribution in [0.15, 0.2) is 66.7 Å². The summed E-state index contributed by atoms with van der Waals surface area (Å²) < 4.78 is 3.45. The highest BCUT2D eigenvalue weighted by molar-refractivity contribution is 5.69. The lowest BCUT2D eigenvalue weighted by molar-refractivity contribution is -0.709. The third kappa shape index (κ3) is 2.03. The zero-order chi connectivity index (χ0) is 14.9. The summed E-state index contributed by atoms with van der Waals surface area (Å²) in [5.41, 5.74) is 4.03. The predicted octanol–water partition coefficient (Wildman–Crippen LogP) is 2.28. The molecule has 2 aromatic carbocycles. The molecule has 2 heterocycles. The van der Waals surface area contributed by atoms with Gasteiger partial charge in [0.15, 0.2) is 0 Å². The van der Waals surface area contributed by atoms with Gasteiger partial charge in [-0.05, 0) is 0 Å². The van der Waals surface area contributed by atoms with Gasteiger partial charge in [-0.1, -0.05) is 65.2 Å². The molecule has 0 saturated heterocycles. The molecule has 0 bridgehead atoms. The molecule has 2 aromatic heterocycles. The van der Waals surface area contributed by atoms with Crippen LogP contribution in [0.5, 0.6) is 0 Å². The summed E-state index contributed by atoms with van der Waals surface area (Å²) in [6.07, 6.45) is 0. The molecule has 0 aliphatic carbocycles. The van der Waals surface area contributed by atoms with Crippen molar-refractivity contribution in [2.24, 2.45) is 7.05 Å². The molecule has 0 N–H and O–H groups in total. The average Bonchev–Trinajstić information content (AvgIpc) is 2.97. The molecule has 0 fully saturated rings. The van der Waals surface area contributed by atoms with E-state index < -0.39 is 0 Å². The van der Waals surface area contributed by atoms with Gasteiger partial charge in [-0.2, -0.15) is 0 Å². The number of aryl methyl sites for hydroxylation is 1. The number of hydrogen-bond acceptors (Lipinski definition) is 3. The zero-order valence-electron chi connectivity index (χ0n) is 12.1. The van der Waals surface area contributed by atoms with Crippen molar-refractivity contribution < 1.29 is 4.68 Å². The minimum absolute atomic E-state index is 0.709. The van der Waals surface area contributed by atoms with Crippen LogP contribution in [-0.4, -0.2) is 19.9 Å². The molecule has 0 amide bonds. The molecule has 0 aliphatic rings. The molecule has 0 spiro atoms. The van der Waals surface area contributed by atoms with E-state index in [0.29, 0.717) is 5.78 Å². The topological polar surface area (TPSA) is 47.0 Å². The molecule has 0 saturated carbocycles. The molecular weight excluding hydrogens is 274 g/mol.